The van der Waals surface area contributed by atoms with Crippen LogP contribution in [0.1, 0.15) is 100 Å². The Kier molecular flexibility index (Phi) is 9.69. The first-order chi connectivity index (χ1) is 16.5. The van der Waals surface area contributed by atoms with Crippen molar-refractivity contribution in [3.05, 3.63) is 0 Å². The first kappa shape index (κ1) is 30.6. The van der Waals surface area contributed by atoms with Gasteiger partial charge in [0.2, 0.25) is 11.8 Å². The number of carbonyl (C=O) groups is 3. The fourth-order valence-electron chi connectivity index (χ4n) is 6.62. The Morgan fingerprint density at radius 2 is 1.50 bits per heavy atom. The second-order valence-electron chi connectivity index (χ2n) is 13.7. The lowest BCUT2D eigenvalue weighted by molar-refractivity contribution is -0.175. The number of amides is 2. The van der Waals surface area contributed by atoms with Gasteiger partial charge in [0.1, 0.15) is 6.61 Å². The van der Waals surface area contributed by atoms with Crippen LogP contribution in [0.3, 0.4) is 0 Å². The van der Waals surface area contributed by atoms with Crippen LogP contribution in [0.25, 0.3) is 0 Å². The minimum absolute atomic E-state index is 0.0582. The van der Waals surface area contributed by atoms with Gasteiger partial charge in [-0.25, -0.2) is 0 Å². The maximum Gasteiger partial charge on any atom is 0.312 e. The highest BCUT2D eigenvalue weighted by Crippen LogP contribution is 2.55. The predicted octanol–water partition coefficient (Wildman–Crippen LogP) is 4.94. The van der Waals surface area contributed by atoms with Gasteiger partial charge in [0.25, 0.3) is 0 Å². The van der Waals surface area contributed by atoms with Crippen LogP contribution in [0.15, 0.2) is 0 Å². The second kappa shape index (κ2) is 11.4. The van der Waals surface area contributed by atoms with Gasteiger partial charge in [0, 0.05) is 25.9 Å². The van der Waals surface area contributed by atoms with Gasteiger partial charge < -0.3 is 14.5 Å². The molecule has 2 saturated heterocycles. The van der Waals surface area contributed by atoms with Crippen LogP contribution in [0.5, 0.6) is 0 Å². The second-order valence-corrected chi connectivity index (χ2v) is 13.7. The van der Waals surface area contributed by atoms with Crippen LogP contribution in [0.2, 0.25) is 0 Å². The molecule has 0 aromatic carbocycles. The Bertz CT molecular complexity index is 799. The number of hydrogen-bond donors (Lipinski definition) is 0. The van der Waals surface area contributed by atoms with Crippen LogP contribution in [0, 0.1) is 21.7 Å². The minimum atomic E-state index is -0.703. The molecule has 7 nitrogen and oxygen atoms in total. The summed E-state index contributed by atoms with van der Waals surface area (Å²) in [5.74, 6) is 0.222. The number of rotatable bonds is 12. The molecule has 36 heavy (non-hydrogen) atoms. The van der Waals surface area contributed by atoms with E-state index in [1.165, 1.54) is 0 Å². The SMILES string of the molecule is CN(C)C(N1CCCC1=O)C(C)(C)CCCC(C)(C)C(C)(C(=O)OCCN1CCCC1=O)C(C)(C)C. The molecule has 0 aliphatic carbocycles. The van der Waals surface area contributed by atoms with Crippen LogP contribution < -0.4 is 0 Å². The van der Waals surface area contributed by atoms with Gasteiger partial charge in [-0.15, -0.1) is 0 Å². The molecule has 2 aliphatic heterocycles. The van der Waals surface area contributed by atoms with Crippen molar-refractivity contribution in [3.63, 3.8) is 0 Å². The smallest absolute Gasteiger partial charge is 0.312 e. The van der Waals surface area contributed by atoms with E-state index in [1.807, 2.05) is 11.8 Å². The molecule has 0 radical (unpaired) electrons. The lowest BCUT2D eigenvalue weighted by atomic mass is 9.53. The van der Waals surface area contributed by atoms with E-state index in [4.69, 9.17) is 4.74 Å². The summed E-state index contributed by atoms with van der Waals surface area (Å²) < 4.78 is 5.84. The van der Waals surface area contributed by atoms with Crippen LogP contribution in [-0.2, 0) is 19.1 Å². The molecule has 2 rings (SSSR count). The first-order valence-corrected chi connectivity index (χ1v) is 13.9. The van der Waals surface area contributed by atoms with Crippen molar-refractivity contribution in [2.24, 2.45) is 21.7 Å². The molecule has 2 fully saturated rings. The van der Waals surface area contributed by atoms with E-state index in [2.05, 4.69) is 67.5 Å². The zero-order chi connectivity index (χ0) is 27.5. The van der Waals surface area contributed by atoms with Gasteiger partial charge in [-0.3, -0.25) is 19.3 Å². The summed E-state index contributed by atoms with van der Waals surface area (Å²) in [5.41, 5.74) is -1.40. The van der Waals surface area contributed by atoms with Crippen molar-refractivity contribution in [2.75, 3.05) is 40.3 Å². The van der Waals surface area contributed by atoms with Crippen LogP contribution >= 0.6 is 0 Å². The third-order valence-corrected chi connectivity index (χ3v) is 9.24. The third-order valence-electron chi connectivity index (χ3n) is 9.24. The highest BCUT2D eigenvalue weighted by atomic mass is 16.5. The van der Waals surface area contributed by atoms with Gasteiger partial charge >= 0.3 is 5.97 Å². The zero-order valence-corrected chi connectivity index (χ0v) is 24.8. The average molecular weight is 508 g/mol. The fraction of sp³-hybridized carbons (Fsp3) is 0.897. The highest BCUT2D eigenvalue weighted by Gasteiger charge is 2.55. The summed E-state index contributed by atoms with van der Waals surface area (Å²) in [4.78, 5) is 44.1. The molecule has 0 aromatic rings. The molecule has 0 spiro atoms. The quantitative estimate of drug-likeness (QED) is 0.350. The van der Waals surface area contributed by atoms with Crippen molar-refractivity contribution < 1.29 is 19.1 Å². The Hall–Kier alpha value is -1.63. The fourth-order valence-corrected chi connectivity index (χ4v) is 6.62. The highest BCUT2D eigenvalue weighted by molar-refractivity contribution is 5.79. The summed E-state index contributed by atoms with van der Waals surface area (Å²) in [6.07, 6.45) is 5.90. The van der Waals surface area contributed by atoms with Gasteiger partial charge in [-0.1, -0.05) is 54.9 Å². The van der Waals surface area contributed by atoms with E-state index in [0.29, 0.717) is 19.4 Å². The molecule has 2 amide bonds. The van der Waals surface area contributed by atoms with Crippen LogP contribution in [0.4, 0.5) is 0 Å². The summed E-state index contributed by atoms with van der Waals surface area (Å²) in [6.45, 7) is 19.6. The molecule has 0 aromatic heterocycles. The number of esters is 1. The molecule has 7 heteroatoms. The maximum atomic E-state index is 13.6. The molecule has 208 valence electrons. The van der Waals surface area contributed by atoms with Gasteiger partial charge in [0.05, 0.1) is 18.1 Å². The lowest BCUT2D eigenvalue weighted by Crippen LogP contribution is -2.54. The number of nitrogens with zero attached hydrogens (tertiary/aromatic N) is 3. The number of likely N-dealkylation sites (tertiary alicyclic amines) is 2. The van der Waals surface area contributed by atoms with E-state index in [-0.39, 0.29) is 46.8 Å². The van der Waals surface area contributed by atoms with Crippen LogP contribution in [-0.4, -0.2) is 79.0 Å². The van der Waals surface area contributed by atoms with E-state index in [0.717, 1.165) is 45.2 Å². The van der Waals surface area contributed by atoms with Gasteiger partial charge in [-0.2, -0.15) is 0 Å². The monoisotopic (exact) mass is 507 g/mol. The molecule has 0 bridgehead atoms. The van der Waals surface area contributed by atoms with Crippen molar-refractivity contribution in [2.45, 2.75) is 107 Å². The van der Waals surface area contributed by atoms with Crippen molar-refractivity contribution in [1.29, 1.82) is 0 Å². The van der Waals surface area contributed by atoms with Gasteiger partial charge in [0.15, 0.2) is 0 Å². The normalized spacial score (nSPS) is 20.3. The Morgan fingerprint density at radius 3 is 1.97 bits per heavy atom. The molecule has 2 heterocycles. The summed E-state index contributed by atoms with van der Waals surface area (Å²) >= 11 is 0. The first-order valence-electron chi connectivity index (χ1n) is 13.9. The molecule has 2 atom stereocenters. The molecular weight excluding hydrogens is 454 g/mol. The number of hydrogen-bond acceptors (Lipinski definition) is 5. The van der Waals surface area contributed by atoms with Crippen molar-refractivity contribution in [1.82, 2.24) is 14.7 Å². The topological polar surface area (TPSA) is 70.2 Å². The molecule has 2 unspecified atom stereocenters. The Morgan fingerprint density at radius 1 is 0.917 bits per heavy atom. The summed E-state index contributed by atoms with van der Waals surface area (Å²) in [5, 5.41) is 0. The Balaban J connectivity index is 2.08. The third kappa shape index (κ3) is 6.43. The lowest BCUT2D eigenvalue weighted by Gasteiger charge is -2.51. The van der Waals surface area contributed by atoms with E-state index in [9.17, 15) is 14.4 Å². The summed E-state index contributed by atoms with van der Waals surface area (Å²) in [6, 6.07) is 0. The molecular formula is C29H53N3O4. The molecule has 0 N–H and O–H groups in total. The van der Waals surface area contributed by atoms with Gasteiger partial charge in [-0.05, 0) is 62.9 Å². The molecule has 0 saturated carbocycles. The zero-order valence-electron chi connectivity index (χ0n) is 24.8. The summed E-state index contributed by atoms with van der Waals surface area (Å²) in [7, 11) is 4.12. The minimum Gasteiger partial charge on any atom is -0.463 e. The van der Waals surface area contributed by atoms with E-state index in [1.54, 1.807) is 4.90 Å². The van der Waals surface area contributed by atoms with E-state index < -0.39 is 5.41 Å². The standard InChI is InChI=1S/C29H53N3O4/c1-26(2,3)29(8,25(35)36-21-20-31-18-11-14-22(31)33)28(6,7)17-13-16-27(4,5)24(30(9)10)32-19-12-15-23(32)34/h24H,11-21H2,1-10H3. The Labute approximate surface area is 220 Å². The van der Waals surface area contributed by atoms with Crippen molar-refractivity contribution >= 4 is 17.8 Å². The number of ether oxygens (including phenoxy) is 1. The largest absolute Gasteiger partial charge is 0.463 e. The predicted molar refractivity (Wildman–Crippen MR) is 144 cm³/mol. The average Bonchev–Trinajstić information content (AvgIpc) is 3.33. The maximum absolute atomic E-state index is 13.6. The number of carbonyl (C=O) groups excluding carboxylic acids is 3. The van der Waals surface area contributed by atoms with E-state index >= 15 is 0 Å². The van der Waals surface area contributed by atoms with Crippen molar-refractivity contribution in [3.8, 4) is 0 Å². The molecule has 2 aliphatic rings.